The molecule has 7 aromatic carbocycles. The molecule has 46 heavy (non-hydrogen) atoms. The lowest BCUT2D eigenvalue weighted by Crippen LogP contribution is -2.16. The Morgan fingerprint density at radius 3 is 1.41 bits per heavy atom. The average Bonchev–Trinajstić information content (AvgIpc) is 3.04. The number of hydrogen-bond donors (Lipinski definition) is 3. The smallest absolute Gasteiger partial charge is 0.123 e. The summed E-state index contributed by atoms with van der Waals surface area (Å²) in [5.41, 5.74) is 5.16. The van der Waals surface area contributed by atoms with Crippen LogP contribution in [0.3, 0.4) is 0 Å². The molecule has 3 N–H and O–H groups in total. The summed E-state index contributed by atoms with van der Waals surface area (Å²) >= 11 is 0. The van der Waals surface area contributed by atoms with E-state index in [1.54, 1.807) is 12.1 Å². The summed E-state index contributed by atoms with van der Waals surface area (Å²) in [6, 6.07) is 37.7. The van der Waals surface area contributed by atoms with Crippen molar-refractivity contribution in [3.63, 3.8) is 0 Å². The van der Waals surface area contributed by atoms with E-state index in [-0.39, 0.29) is 11.5 Å². The van der Waals surface area contributed by atoms with Crippen molar-refractivity contribution in [1.29, 1.82) is 0 Å². The van der Waals surface area contributed by atoms with Crippen LogP contribution in [-0.4, -0.2) is 15.3 Å². The first-order valence-corrected chi connectivity index (χ1v) is 16.3. The second kappa shape index (κ2) is 13.6. The van der Waals surface area contributed by atoms with Crippen molar-refractivity contribution in [1.82, 2.24) is 0 Å². The zero-order valence-corrected chi connectivity index (χ0v) is 27.7. The number of aromatic hydroxyl groups is 2. The number of rotatable bonds is 4. The van der Waals surface area contributed by atoms with E-state index in [4.69, 9.17) is 0 Å². The third-order valence-corrected chi connectivity index (χ3v) is 8.05. The molecule has 0 aliphatic rings. The van der Waals surface area contributed by atoms with Crippen molar-refractivity contribution in [2.45, 2.75) is 60.0 Å². The van der Waals surface area contributed by atoms with Crippen LogP contribution in [0.1, 0.15) is 59.9 Å². The summed E-state index contributed by atoms with van der Waals surface area (Å²) in [6.45, 7) is 12.1. The number of aliphatic hydroxyl groups is 1. The van der Waals surface area contributed by atoms with Crippen molar-refractivity contribution >= 4 is 32.3 Å². The van der Waals surface area contributed by atoms with Crippen molar-refractivity contribution in [3.05, 3.63) is 121 Å². The zero-order chi connectivity index (χ0) is 33.0. The van der Waals surface area contributed by atoms with Crippen LogP contribution in [0, 0.1) is 0 Å². The fraction of sp³-hybridized carbons (Fsp3) is 0.209. The van der Waals surface area contributed by atoms with Crippen LogP contribution in [0.2, 0.25) is 0 Å². The number of hydrogen-bond acceptors (Lipinski definition) is 3. The number of phenols is 2. The summed E-state index contributed by atoms with van der Waals surface area (Å²) in [4.78, 5) is 0. The minimum Gasteiger partial charge on any atom is -0.507 e. The summed E-state index contributed by atoms with van der Waals surface area (Å²) in [5.74, 6) is 0.460. The fourth-order valence-corrected chi connectivity index (χ4v) is 6.23. The largest absolute Gasteiger partial charge is 0.507 e. The third kappa shape index (κ3) is 6.03. The maximum absolute atomic E-state index is 11.1. The highest BCUT2D eigenvalue weighted by Gasteiger charge is 2.24. The first-order chi connectivity index (χ1) is 22.2. The molecule has 0 saturated carbocycles. The predicted molar refractivity (Wildman–Crippen MR) is 197 cm³/mol. The van der Waals surface area contributed by atoms with Gasteiger partial charge in [-0.2, -0.15) is 0 Å². The molecular formula is C43H44O3. The number of benzene rings is 7. The van der Waals surface area contributed by atoms with Gasteiger partial charge in [-0.1, -0.05) is 138 Å². The molecule has 0 aromatic heterocycles. The van der Waals surface area contributed by atoms with Gasteiger partial charge in [0.1, 0.15) is 11.5 Å². The molecule has 234 valence electrons. The Hall–Kier alpha value is -4.86. The van der Waals surface area contributed by atoms with E-state index in [0.29, 0.717) is 0 Å². The van der Waals surface area contributed by atoms with Crippen LogP contribution in [0.4, 0.5) is 0 Å². The zero-order valence-electron chi connectivity index (χ0n) is 27.7. The van der Waals surface area contributed by atoms with E-state index in [2.05, 4.69) is 76.2 Å². The molecule has 0 saturated heterocycles. The Morgan fingerprint density at radius 1 is 0.457 bits per heavy atom. The van der Waals surface area contributed by atoms with E-state index in [0.717, 1.165) is 71.3 Å². The Morgan fingerprint density at radius 2 is 0.870 bits per heavy atom. The highest BCUT2D eigenvalue weighted by Crippen LogP contribution is 2.48. The molecule has 3 heteroatoms. The summed E-state index contributed by atoms with van der Waals surface area (Å²) < 4.78 is 0. The van der Waals surface area contributed by atoms with E-state index in [1.165, 1.54) is 12.8 Å². The first kappa shape index (κ1) is 32.5. The lowest BCUT2D eigenvalue weighted by atomic mass is 9.81. The highest BCUT2D eigenvalue weighted by molar-refractivity contribution is 6.30. The Bertz CT molecular complexity index is 2100. The van der Waals surface area contributed by atoms with Crippen LogP contribution in [0.15, 0.2) is 115 Å². The van der Waals surface area contributed by atoms with Gasteiger partial charge >= 0.3 is 0 Å². The normalized spacial score (nSPS) is 11.3. The molecule has 0 heterocycles. The predicted octanol–water partition coefficient (Wildman–Crippen LogP) is 12.1. The molecule has 0 aliphatic carbocycles. The standard InChI is InChI=1S/C37H28O3.2C3H8/c1-37(2,40)32-12-6-3-9-24(32)30-21-31(26-11-5-8-14-34(26)39)29-20-19-27-23(25-10-4-7-13-33(25)38)17-15-22-16-18-28(30)36(29)35(22)27;2*1-3-2/h3-21,38-40H,1-2H3;2*3H2,1-2H3. The Balaban J connectivity index is 0.000000647. The van der Waals surface area contributed by atoms with Gasteiger partial charge in [0.05, 0.1) is 5.60 Å². The van der Waals surface area contributed by atoms with Crippen molar-refractivity contribution in [3.8, 4) is 44.9 Å². The fourth-order valence-electron chi connectivity index (χ4n) is 6.23. The van der Waals surface area contributed by atoms with Gasteiger partial charge in [-0.3, -0.25) is 0 Å². The molecule has 0 fully saturated rings. The van der Waals surface area contributed by atoms with Crippen molar-refractivity contribution in [2.24, 2.45) is 0 Å². The van der Waals surface area contributed by atoms with Crippen LogP contribution in [0.25, 0.3) is 65.7 Å². The summed E-state index contributed by atoms with van der Waals surface area (Å²) in [5, 5.41) is 39.3. The molecule has 7 rings (SSSR count). The minimum atomic E-state index is -1.05. The maximum atomic E-state index is 11.1. The van der Waals surface area contributed by atoms with Crippen LogP contribution >= 0.6 is 0 Å². The summed E-state index contributed by atoms with van der Waals surface area (Å²) in [6.07, 6.45) is 2.50. The van der Waals surface area contributed by atoms with Gasteiger partial charge in [-0.05, 0) is 92.2 Å². The highest BCUT2D eigenvalue weighted by atomic mass is 16.3. The lowest BCUT2D eigenvalue weighted by molar-refractivity contribution is 0.0792. The topological polar surface area (TPSA) is 60.7 Å². The maximum Gasteiger partial charge on any atom is 0.123 e. The number of para-hydroxylation sites is 2. The second-order valence-corrected chi connectivity index (χ2v) is 12.4. The average molecular weight is 609 g/mol. The molecule has 3 nitrogen and oxygen atoms in total. The Labute approximate surface area is 272 Å². The van der Waals surface area contributed by atoms with Crippen LogP contribution in [0.5, 0.6) is 11.5 Å². The third-order valence-electron chi connectivity index (χ3n) is 8.05. The van der Waals surface area contributed by atoms with Gasteiger partial charge < -0.3 is 15.3 Å². The lowest BCUT2D eigenvalue weighted by Gasteiger charge is -2.24. The molecular weight excluding hydrogens is 564 g/mol. The monoisotopic (exact) mass is 608 g/mol. The molecule has 0 bridgehead atoms. The molecule has 7 aromatic rings. The van der Waals surface area contributed by atoms with Gasteiger partial charge in [-0.15, -0.1) is 0 Å². The molecule has 0 unspecified atom stereocenters. The van der Waals surface area contributed by atoms with Crippen molar-refractivity contribution < 1.29 is 15.3 Å². The molecule has 0 aliphatic heterocycles. The number of phenolic OH excluding ortho intramolecular Hbond substituents is 2. The molecule has 0 atom stereocenters. The molecule has 0 radical (unpaired) electrons. The van der Waals surface area contributed by atoms with E-state index in [9.17, 15) is 15.3 Å². The minimum absolute atomic E-state index is 0.217. The SMILES string of the molecule is CC(C)(O)c1ccccc1-c1cc(-c2ccccc2O)c2ccc3c(-c4ccccc4O)ccc4ccc1c2c43.CCC.CCC. The first-order valence-electron chi connectivity index (χ1n) is 16.3. The van der Waals surface area contributed by atoms with E-state index in [1.807, 2.05) is 68.4 Å². The van der Waals surface area contributed by atoms with Crippen LogP contribution in [-0.2, 0) is 5.60 Å². The summed E-state index contributed by atoms with van der Waals surface area (Å²) in [7, 11) is 0. The van der Waals surface area contributed by atoms with Gasteiger partial charge in [0.15, 0.2) is 0 Å². The van der Waals surface area contributed by atoms with Gasteiger partial charge in [0, 0.05) is 11.1 Å². The molecule has 0 spiro atoms. The van der Waals surface area contributed by atoms with E-state index >= 15 is 0 Å². The van der Waals surface area contributed by atoms with Gasteiger partial charge in [-0.25, -0.2) is 0 Å². The second-order valence-electron chi connectivity index (χ2n) is 12.4. The van der Waals surface area contributed by atoms with E-state index < -0.39 is 5.60 Å². The van der Waals surface area contributed by atoms with Crippen molar-refractivity contribution in [2.75, 3.05) is 0 Å². The van der Waals surface area contributed by atoms with Crippen LogP contribution < -0.4 is 0 Å². The Kier molecular flexibility index (Phi) is 9.65. The van der Waals surface area contributed by atoms with Gasteiger partial charge in [0.2, 0.25) is 0 Å². The van der Waals surface area contributed by atoms with Gasteiger partial charge in [0.25, 0.3) is 0 Å². The molecule has 0 amide bonds. The quantitative estimate of drug-likeness (QED) is 0.174.